The van der Waals surface area contributed by atoms with E-state index in [-0.39, 0.29) is 23.0 Å². The van der Waals surface area contributed by atoms with Gasteiger partial charge in [0.05, 0.1) is 4.88 Å². The van der Waals surface area contributed by atoms with E-state index in [1.165, 1.54) is 4.88 Å². The zero-order valence-corrected chi connectivity index (χ0v) is 13.4. The lowest BCUT2D eigenvalue weighted by Gasteiger charge is -2.13. The fourth-order valence-electron chi connectivity index (χ4n) is 1.87. The predicted octanol–water partition coefficient (Wildman–Crippen LogP) is -0.347. The fraction of sp³-hybridized carbons (Fsp3) is 0.308. The second-order valence-electron chi connectivity index (χ2n) is 4.03. The summed E-state index contributed by atoms with van der Waals surface area (Å²) in [5.74, 6) is 0. The Balaban J connectivity index is 0.00000162. The van der Waals surface area contributed by atoms with Crippen LogP contribution in [-0.2, 0) is 4.79 Å². The highest BCUT2D eigenvalue weighted by Crippen LogP contribution is 2.20. The minimum absolute atomic E-state index is 0. The lowest BCUT2D eigenvalue weighted by Crippen LogP contribution is -3.00. The normalized spacial score (nSPS) is 15.9. The van der Waals surface area contributed by atoms with Crippen molar-refractivity contribution in [1.82, 2.24) is 0 Å². The van der Waals surface area contributed by atoms with Gasteiger partial charge in [-0.05, 0) is 6.92 Å². The third-order valence-corrected chi connectivity index (χ3v) is 4.41. The first-order valence-electron chi connectivity index (χ1n) is 5.46. The van der Waals surface area contributed by atoms with Gasteiger partial charge in [0.25, 0.3) is 0 Å². The molecule has 1 unspecified atom stereocenters. The molecule has 2 rings (SSSR count). The Morgan fingerprint density at radius 1 is 1.50 bits per heavy atom. The van der Waals surface area contributed by atoms with Crippen LogP contribution in [0.25, 0.3) is 0 Å². The number of thiazole rings is 1. The quantitative estimate of drug-likeness (QED) is 0.425. The highest BCUT2D eigenvalue weighted by molar-refractivity contribution is 7.80. The first-order valence-corrected chi connectivity index (χ1v) is 6.75. The molecule has 0 aliphatic heterocycles. The Labute approximate surface area is 127 Å². The van der Waals surface area contributed by atoms with Crippen molar-refractivity contribution in [2.45, 2.75) is 26.3 Å². The van der Waals surface area contributed by atoms with Gasteiger partial charge in [-0.15, -0.1) is 0 Å². The smallest absolute Gasteiger partial charge is 0.240 e. The van der Waals surface area contributed by atoms with Crippen molar-refractivity contribution in [3.63, 3.8) is 0 Å². The number of nitrogens with zero attached hydrogens (tertiary/aromatic N) is 1. The van der Waals surface area contributed by atoms with Crippen LogP contribution in [0, 0.1) is 13.8 Å². The maximum absolute atomic E-state index is 11.4. The van der Waals surface area contributed by atoms with Gasteiger partial charge < -0.3 is 17.0 Å². The van der Waals surface area contributed by atoms with Crippen LogP contribution in [0.4, 0.5) is 0 Å². The SMILES string of the molecule is Cc1sc[n+](C(C=O)C2=CC=CCC2=S)c1C.[Br-]. The highest BCUT2D eigenvalue weighted by Gasteiger charge is 2.29. The second-order valence-corrected chi connectivity index (χ2v) is 5.58. The van der Waals surface area contributed by atoms with E-state index in [9.17, 15) is 4.79 Å². The molecule has 1 aromatic heterocycles. The van der Waals surface area contributed by atoms with Gasteiger partial charge in [-0.3, -0.25) is 4.79 Å². The molecule has 0 saturated carbocycles. The summed E-state index contributed by atoms with van der Waals surface area (Å²) in [6.07, 6.45) is 7.66. The number of carbonyl (C=O) groups is 1. The molecule has 18 heavy (non-hydrogen) atoms. The standard InChI is InChI=1S/C13H14NOS2.BrH/c1-9-10(2)17-8-14(9)12(7-15)11-5-3-4-6-13(11)16;/h3-5,7-8,12H,6H2,1-2H3;1H/q+1;/p-1. The number of rotatable bonds is 3. The molecule has 0 aromatic carbocycles. The van der Waals surface area contributed by atoms with E-state index in [4.69, 9.17) is 12.2 Å². The van der Waals surface area contributed by atoms with Gasteiger partial charge in [0, 0.05) is 23.8 Å². The molecular formula is C13H14BrNOS2. The maximum Gasteiger partial charge on any atom is 0.240 e. The zero-order chi connectivity index (χ0) is 12.4. The Kier molecular flexibility index (Phi) is 5.56. The van der Waals surface area contributed by atoms with Crippen LogP contribution in [0.15, 0.2) is 29.3 Å². The Morgan fingerprint density at radius 3 is 2.72 bits per heavy atom. The molecule has 96 valence electrons. The van der Waals surface area contributed by atoms with E-state index >= 15 is 0 Å². The number of aldehydes is 1. The molecule has 1 aliphatic carbocycles. The predicted molar refractivity (Wildman–Crippen MR) is 73.5 cm³/mol. The molecule has 5 heteroatoms. The zero-order valence-electron chi connectivity index (χ0n) is 10.2. The summed E-state index contributed by atoms with van der Waals surface area (Å²) in [7, 11) is 0. The second kappa shape index (κ2) is 6.50. The summed E-state index contributed by atoms with van der Waals surface area (Å²) in [6.45, 7) is 4.09. The molecule has 1 heterocycles. The van der Waals surface area contributed by atoms with Crippen molar-refractivity contribution < 1.29 is 26.3 Å². The van der Waals surface area contributed by atoms with E-state index in [0.717, 1.165) is 28.8 Å². The van der Waals surface area contributed by atoms with Gasteiger partial charge in [0.2, 0.25) is 11.6 Å². The fourth-order valence-corrected chi connectivity index (χ4v) is 2.99. The molecule has 0 spiro atoms. The summed E-state index contributed by atoms with van der Waals surface area (Å²) in [6, 6.07) is -0.280. The highest BCUT2D eigenvalue weighted by atomic mass is 79.9. The summed E-state index contributed by atoms with van der Waals surface area (Å²) in [5.41, 5.74) is 4.07. The van der Waals surface area contributed by atoms with E-state index in [1.807, 2.05) is 35.2 Å². The minimum atomic E-state index is -0.280. The van der Waals surface area contributed by atoms with Gasteiger partial charge in [-0.1, -0.05) is 41.8 Å². The first-order chi connectivity index (χ1) is 8.15. The Morgan fingerprint density at radius 2 is 2.22 bits per heavy atom. The molecule has 0 fully saturated rings. The van der Waals surface area contributed by atoms with E-state index < -0.39 is 0 Å². The number of carbonyl (C=O) groups excluding carboxylic acids is 1. The van der Waals surface area contributed by atoms with Gasteiger partial charge in [-0.2, -0.15) is 4.57 Å². The first kappa shape index (κ1) is 15.4. The molecule has 0 N–H and O–H groups in total. The number of halogens is 1. The summed E-state index contributed by atoms with van der Waals surface area (Å²) < 4.78 is 2.00. The summed E-state index contributed by atoms with van der Waals surface area (Å²) in [4.78, 5) is 13.5. The summed E-state index contributed by atoms with van der Waals surface area (Å²) >= 11 is 6.99. The molecule has 1 aliphatic rings. The number of aryl methyl sites for hydroxylation is 1. The third-order valence-electron chi connectivity index (χ3n) is 3.02. The van der Waals surface area contributed by atoms with Crippen molar-refractivity contribution in [2.24, 2.45) is 0 Å². The van der Waals surface area contributed by atoms with Crippen molar-refractivity contribution in [1.29, 1.82) is 0 Å². The molecular weight excluding hydrogens is 330 g/mol. The number of aromatic nitrogens is 1. The molecule has 0 amide bonds. The van der Waals surface area contributed by atoms with Crippen molar-refractivity contribution in [2.75, 3.05) is 0 Å². The number of thiocarbonyl (C=S) groups is 1. The van der Waals surface area contributed by atoms with Crippen LogP contribution in [0.1, 0.15) is 23.0 Å². The molecule has 0 radical (unpaired) electrons. The molecule has 1 aromatic rings. The molecule has 0 bridgehead atoms. The van der Waals surface area contributed by atoms with Gasteiger partial charge in [0.1, 0.15) is 0 Å². The number of allylic oxidation sites excluding steroid dienone is 4. The van der Waals surface area contributed by atoms with E-state index in [1.54, 1.807) is 11.3 Å². The van der Waals surface area contributed by atoms with Gasteiger partial charge in [0.15, 0.2) is 12.0 Å². The van der Waals surface area contributed by atoms with Crippen molar-refractivity contribution in [3.05, 3.63) is 39.9 Å². The van der Waals surface area contributed by atoms with Crippen LogP contribution in [0.3, 0.4) is 0 Å². The maximum atomic E-state index is 11.4. The molecule has 2 nitrogen and oxygen atoms in total. The third kappa shape index (κ3) is 2.84. The van der Waals surface area contributed by atoms with E-state index in [0.29, 0.717) is 0 Å². The largest absolute Gasteiger partial charge is 1.00 e. The average Bonchev–Trinajstić information content (AvgIpc) is 2.65. The monoisotopic (exact) mass is 343 g/mol. The lowest BCUT2D eigenvalue weighted by atomic mass is 9.98. The molecule has 0 saturated heterocycles. The van der Waals surface area contributed by atoms with Crippen LogP contribution in [0.5, 0.6) is 0 Å². The summed E-state index contributed by atoms with van der Waals surface area (Å²) in [5, 5.41) is 0. The van der Waals surface area contributed by atoms with Crippen LogP contribution in [0.2, 0.25) is 0 Å². The lowest BCUT2D eigenvalue weighted by molar-refractivity contribution is -0.699. The van der Waals surface area contributed by atoms with Crippen LogP contribution in [-0.4, -0.2) is 11.2 Å². The van der Waals surface area contributed by atoms with Crippen molar-refractivity contribution in [3.8, 4) is 0 Å². The average molecular weight is 344 g/mol. The van der Waals surface area contributed by atoms with Gasteiger partial charge >= 0.3 is 0 Å². The topological polar surface area (TPSA) is 20.9 Å². The number of hydrogen-bond donors (Lipinski definition) is 0. The number of hydrogen-bond acceptors (Lipinski definition) is 3. The Bertz CT molecular complexity index is 531. The van der Waals surface area contributed by atoms with Crippen LogP contribution >= 0.6 is 23.6 Å². The molecule has 1 atom stereocenters. The van der Waals surface area contributed by atoms with E-state index in [2.05, 4.69) is 6.92 Å². The van der Waals surface area contributed by atoms with Crippen molar-refractivity contribution >= 4 is 34.7 Å². The Hall–Kier alpha value is -0.650. The van der Waals surface area contributed by atoms with Gasteiger partial charge in [-0.25, -0.2) is 0 Å². The van der Waals surface area contributed by atoms with Crippen LogP contribution < -0.4 is 21.5 Å². The minimum Gasteiger partial charge on any atom is -1.00 e.